The van der Waals surface area contributed by atoms with Crippen LogP contribution in [0.2, 0.25) is 5.02 Å². The number of fused-ring (bicyclic) bond motifs is 1. The molecule has 0 aliphatic heterocycles. The minimum absolute atomic E-state index is 0.0690. The molecule has 0 radical (unpaired) electrons. The zero-order valence-electron chi connectivity index (χ0n) is 13.3. The number of nitrogens with one attached hydrogen (secondary N) is 2. The number of carbonyl (C=O) groups is 1. The van der Waals surface area contributed by atoms with Crippen molar-refractivity contribution in [2.24, 2.45) is 0 Å². The predicted molar refractivity (Wildman–Crippen MR) is 96.6 cm³/mol. The molecule has 0 bridgehead atoms. The van der Waals surface area contributed by atoms with Gasteiger partial charge in [-0.3, -0.25) is 9.59 Å². The summed E-state index contributed by atoms with van der Waals surface area (Å²) in [6.07, 6.45) is 1.93. The first-order valence-corrected chi connectivity index (χ1v) is 8.43. The maximum Gasteiger partial charge on any atom is 0.284 e. The van der Waals surface area contributed by atoms with Gasteiger partial charge in [0, 0.05) is 36.1 Å². The molecule has 0 fully saturated rings. The number of aromatic amines is 1. The van der Waals surface area contributed by atoms with Crippen LogP contribution in [0.5, 0.6) is 0 Å². The first kappa shape index (κ1) is 17.4. The van der Waals surface area contributed by atoms with E-state index in [4.69, 9.17) is 28.2 Å². The normalized spacial score (nSPS) is 11.0. The molecule has 7 nitrogen and oxygen atoms in total. The lowest BCUT2D eigenvalue weighted by atomic mass is 10.1. The van der Waals surface area contributed by atoms with E-state index >= 15 is 0 Å². The van der Waals surface area contributed by atoms with Crippen molar-refractivity contribution in [2.45, 2.75) is 19.9 Å². The molecule has 0 aliphatic carbocycles. The summed E-state index contributed by atoms with van der Waals surface area (Å²) in [5.74, 6) is -0.0650. The van der Waals surface area contributed by atoms with Crippen molar-refractivity contribution in [1.82, 2.24) is 20.1 Å². The molecule has 0 atom stereocenters. The largest absolute Gasteiger partial charge is 0.414 e. The highest BCUT2D eigenvalue weighted by molar-refractivity contribution is 7.71. The number of nitrogens with zero attached hydrogens (tertiary/aromatic N) is 2. The average molecular weight is 379 g/mol. The molecule has 0 saturated heterocycles. The molecule has 0 spiro atoms. The minimum atomic E-state index is -0.455. The van der Waals surface area contributed by atoms with Gasteiger partial charge in [0.25, 0.3) is 10.7 Å². The summed E-state index contributed by atoms with van der Waals surface area (Å²) < 4.78 is 6.96. The summed E-state index contributed by atoms with van der Waals surface area (Å²) >= 11 is 10.8. The number of hydrogen-bond acceptors (Lipinski definition) is 5. The average Bonchev–Trinajstić information content (AvgIpc) is 3.00. The second-order valence-electron chi connectivity index (χ2n) is 5.33. The zero-order valence-corrected chi connectivity index (χ0v) is 14.9. The molecular weight excluding hydrogens is 364 g/mol. The third-order valence-corrected chi connectivity index (χ3v) is 4.14. The summed E-state index contributed by atoms with van der Waals surface area (Å²) in [5, 5.41) is 9.92. The molecule has 2 aromatic heterocycles. The highest BCUT2D eigenvalue weighted by Crippen LogP contribution is 2.17. The lowest BCUT2D eigenvalue weighted by Gasteiger charge is -2.12. The molecular formula is C16H15ClN4O3S. The molecule has 0 unspecified atom stereocenters. The highest BCUT2D eigenvalue weighted by atomic mass is 35.5. The van der Waals surface area contributed by atoms with Gasteiger partial charge < -0.3 is 14.3 Å². The Bertz CT molecular complexity index is 1050. The van der Waals surface area contributed by atoms with Crippen molar-refractivity contribution in [3.63, 3.8) is 0 Å². The molecule has 3 rings (SSSR count). The Hall–Kier alpha value is -2.45. The van der Waals surface area contributed by atoms with Crippen molar-refractivity contribution in [3.8, 4) is 0 Å². The number of benzene rings is 1. The highest BCUT2D eigenvalue weighted by Gasteiger charge is 2.15. The number of halogens is 1. The van der Waals surface area contributed by atoms with Crippen LogP contribution in [0.4, 0.5) is 0 Å². The van der Waals surface area contributed by atoms with Crippen LogP contribution in [0.1, 0.15) is 23.2 Å². The number of H-pyrrole nitrogens is 1. The van der Waals surface area contributed by atoms with Gasteiger partial charge in [-0.1, -0.05) is 11.6 Å². The first-order valence-electron chi connectivity index (χ1n) is 7.65. The van der Waals surface area contributed by atoms with Crippen LogP contribution in [-0.4, -0.2) is 27.2 Å². The van der Waals surface area contributed by atoms with Crippen LogP contribution in [0, 0.1) is 4.84 Å². The lowest BCUT2D eigenvalue weighted by molar-refractivity contribution is 0.0952. The maximum atomic E-state index is 12.6. The van der Waals surface area contributed by atoms with Crippen molar-refractivity contribution in [3.05, 3.63) is 55.9 Å². The Morgan fingerprint density at radius 3 is 2.96 bits per heavy atom. The van der Waals surface area contributed by atoms with E-state index in [0.717, 1.165) is 5.52 Å². The van der Waals surface area contributed by atoms with Gasteiger partial charge in [-0.05, 0) is 37.3 Å². The Labute approximate surface area is 152 Å². The number of pyridine rings is 1. The molecule has 1 aromatic carbocycles. The van der Waals surface area contributed by atoms with E-state index in [1.807, 2.05) is 11.5 Å². The van der Waals surface area contributed by atoms with Crippen molar-refractivity contribution < 1.29 is 9.21 Å². The van der Waals surface area contributed by atoms with Gasteiger partial charge in [0.05, 0.1) is 5.52 Å². The summed E-state index contributed by atoms with van der Waals surface area (Å²) in [6, 6.07) is 5.07. The zero-order chi connectivity index (χ0) is 18.0. The number of hydrogen-bond donors (Lipinski definition) is 2. The fraction of sp³-hybridized carbons (Fsp3) is 0.250. The van der Waals surface area contributed by atoms with Crippen molar-refractivity contribution in [2.75, 3.05) is 6.54 Å². The first-order chi connectivity index (χ1) is 12.0. The monoisotopic (exact) mass is 378 g/mol. The number of amides is 1. The van der Waals surface area contributed by atoms with Gasteiger partial charge in [-0.25, -0.2) is 5.10 Å². The Morgan fingerprint density at radius 2 is 2.28 bits per heavy atom. The standard InChI is InChI=1S/C16H15ClN4O3S/c1-2-21-8-11(14(22)10-7-9(17)3-4-12(10)21)15(23)18-6-5-13-19-20-16(25)24-13/h3-4,7-8H,2,5-6H2,1H3,(H,18,23)(H,20,25). The third-order valence-electron chi connectivity index (χ3n) is 3.73. The number of rotatable bonds is 5. The van der Waals surface area contributed by atoms with E-state index in [0.29, 0.717) is 29.3 Å². The van der Waals surface area contributed by atoms with Crippen LogP contribution in [0.15, 0.2) is 33.6 Å². The van der Waals surface area contributed by atoms with Crippen LogP contribution >= 0.6 is 23.8 Å². The fourth-order valence-corrected chi connectivity index (χ4v) is 2.85. The Balaban J connectivity index is 1.86. The maximum absolute atomic E-state index is 12.6. The minimum Gasteiger partial charge on any atom is -0.414 e. The van der Waals surface area contributed by atoms with Crippen LogP contribution in [0.3, 0.4) is 0 Å². The quantitative estimate of drug-likeness (QED) is 0.666. The fourth-order valence-electron chi connectivity index (χ4n) is 2.54. The molecule has 0 aliphatic rings. The molecule has 3 aromatic rings. The molecule has 2 heterocycles. The van der Waals surface area contributed by atoms with E-state index < -0.39 is 5.91 Å². The lowest BCUT2D eigenvalue weighted by Crippen LogP contribution is -2.31. The SMILES string of the molecule is CCn1cc(C(=O)NCCc2n[nH]c(=S)o2)c(=O)c2cc(Cl)ccc21. The molecule has 1 amide bonds. The number of aromatic nitrogens is 3. The predicted octanol–water partition coefficient (Wildman–Crippen LogP) is 2.69. The molecule has 130 valence electrons. The van der Waals surface area contributed by atoms with Crippen LogP contribution < -0.4 is 10.7 Å². The van der Waals surface area contributed by atoms with Crippen LogP contribution in [-0.2, 0) is 13.0 Å². The van der Waals surface area contributed by atoms with Gasteiger partial charge in [-0.2, -0.15) is 0 Å². The summed E-state index contributed by atoms with van der Waals surface area (Å²) in [5.41, 5.74) is 0.457. The van der Waals surface area contributed by atoms with Gasteiger partial charge in [0.1, 0.15) is 5.56 Å². The van der Waals surface area contributed by atoms with E-state index in [1.54, 1.807) is 24.4 Å². The Morgan fingerprint density at radius 1 is 1.48 bits per heavy atom. The van der Waals surface area contributed by atoms with E-state index in [-0.39, 0.29) is 22.4 Å². The van der Waals surface area contributed by atoms with Gasteiger partial charge in [-0.15, -0.1) is 5.10 Å². The molecule has 25 heavy (non-hydrogen) atoms. The van der Waals surface area contributed by atoms with E-state index in [9.17, 15) is 9.59 Å². The van der Waals surface area contributed by atoms with Crippen LogP contribution in [0.25, 0.3) is 10.9 Å². The Kier molecular flexibility index (Phi) is 5.00. The topological polar surface area (TPSA) is 92.9 Å². The second kappa shape index (κ2) is 7.20. The number of carbonyl (C=O) groups excluding carboxylic acids is 1. The van der Waals surface area contributed by atoms with Crippen molar-refractivity contribution in [1.29, 1.82) is 0 Å². The van der Waals surface area contributed by atoms with E-state index in [1.165, 1.54) is 0 Å². The second-order valence-corrected chi connectivity index (χ2v) is 6.14. The molecule has 0 saturated carbocycles. The smallest absolute Gasteiger partial charge is 0.284 e. The summed E-state index contributed by atoms with van der Waals surface area (Å²) in [7, 11) is 0. The molecule has 9 heteroatoms. The summed E-state index contributed by atoms with van der Waals surface area (Å²) in [4.78, 5) is 25.2. The molecule has 2 N–H and O–H groups in total. The van der Waals surface area contributed by atoms with E-state index in [2.05, 4.69) is 15.5 Å². The summed E-state index contributed by atoms with van der Waals surface area (Å²) in [6.45, 7) is 2.82. The third kappa shape index (κ3) is 3.64. The van der Waals surface area contributed by atoms with Gasteiger partial charge in [0.2, 0.25) is 11.3 Å². The van der Waals surface area contributed by atoms with Crippen molar-refractivity contribution >= 4 is 40.6 Å². The van der Waals surface area contributed by atoms with Gasteiger partial charge >= 0.3 is 0 Å². The number of aryl methyl sites for hydroxylation is 1. The van der Waals surface area contributed by atoms with Gasteiger partial charge in [0.15, 0.2) is 0 Å².